The number of hydrogen-bond acceptors (Lipinski definition) is 13. The Morgan fingerprint density at radius 2 is 1.71 bits per heavy atom. The molecule has 2 aliphatic carbocycles. The molecule has 1 saturated carbocycles. The van der Waals surface area contributed by atoms with Gasteiger partial charge in [0.05, 0.1) is 66.7 Å². The third-order valence-electron chi connectivity index (χ3n) is 13.5. The van der Waals surface area contributed by atoms with Crippen molar-refractivity contribution in [2.45, 2.75) is 96.6 Å². The fourth-order valence-corrected chi connectivity index (χ4v) is 9.58. The molecule has 3 atom stereocenters. The number of hydrazine groups is 1. The molecule has 2 aromatic heterocycles. The van der Waals surface area contributed by atoms with Crippen molar-refractivity contribution in [3.8, 4) is 11.4 Å². The lowest BCUT2D eigenvalue weighted by Gasteiger charge is -2.41. The Morgan fingerprint density at radius 1 is 0.971 bits per heavy atom. The van der Waals surface area contributed by atoms with E-state index in [4.69, 9.17) is 14.5 Å². The van der Waals surface area contributed by atoms with Crippen molar-refractivity contribution in [3.05, 3.63) is 97.6 Å². The van der Waals surface area contributed by atoms with E-state index in [1.807, 2.05) is 0 Å². The van der Waals surface area contributed by atoms with Crippen LogP contribution in [0.25, 0.3) is 22.3 Å². The Kier molecular flexibility index (Phi) is 13.9. The van der Waals surface area contributed by atoms with E-state index in [0.717, 1.165) is 23.1 Å². The SMILES string of the molecule is CC[C@@]1(O)C(=O)OCc2c1cc1n(c2=O)Cc2c-1nc1cc(F)c(C)c3c1c2[C@@H](NC(=O)C1(COCNC(=O)CNC(=O)[C@H](Cc2ccccc2)NC(=O)CNC(=O)CNNC(C)=O)CCC1)CC3. The number of esters is 1. The summed E-state index contributed by atoms with van der Waals surface area (Å²) in [6.07, 6.45) is 2.73. The molecule has 1 fully saturated rings. The zero-order valence-corrected chi connectivity index (χ0v) is 38.4. The van der Waals surface area contributed by atoms with Crippen molar-refractivity contribution >= 4 is 52.3 Å². The van der Waals surface area contributed by atoms with Crippen LogP contribution in [0.5, 0.6) is 0 Å². The van der Waals surface area contributed by atoms with Crippen molar-refractivity contribution in [3.63, 3.8) is 0 Å². The fourth-order valence-electron chi connectivity index (χ4n) is 9.58. The highest BCUT2D eigenvalue weighted by molar-refractivity contribution is 5.95. The molecule has 20 nitrogen and oxygen atoms in total. The van der Waals surface area contributed by atoms with Crippen LogP contribution >= 0.6 is 0 Å². The number of ether oxygens (including phenoxy) is 2. The molecule has 8 N–H and O–H groups in total. The van der Waals surface area contributed by atoms with Crippen LogP contribution in [0.2, 0.25) is 0 Å². The molecular formula is C48H54FN9O11. The minimum absolute atomic E-state index is 0.0263. The maximum atomic E-state index is 15.5. The number of carbonyl (C=O) groups excluding carboxylic acids is 7. The zero-order valence-electron chi connectivity index (χ0n) is 38.4. The molecule has 0 bridgehead atoms. The summed E-state index contributed by atoms with van der Waals surface area (Å²) >= 11 is 0. The molecule has 21 heteroatoms. The molecule has 0 spiro atoms. The summed E-state index contributed by atoms with van der Waals surface area (Å²) in [6, 6.07) is 10.2. The van der Waals surface area contributed by atoms with E-state index < -0.39 is 83.1 Å². The summed E-state index contributed by atoms with van der Waals surface area (Å²) in [5.41, 5.74) is 6.04. The van der Waals surface area contributed by atoms with Crippen LogP contribution in [0, 0.1) is 18.2 Å². The van der Waals surface area contributed by atoms with E-state index in [1.165, 1.54) is 17.6 Å². The van der Waals surface area contributed by atoms with Crippen molar-refractivity contribution in [1.82, 2.24) is 47.0 Å². The van der Waals surface area contributed by atoms with Gasteiger partial charge in [0.25, 0.3) is 5.56 Å². The van der Waals surface area contributed by atoms with Crippen LogP contribution < -0.4 is 43.0 Å². The van der Waals surface area contributed by atoms with Gasteiger partial charge in [0.2, 0.25) is 35.4 Å². The third kappa shape index (κ3) is 9.66. The highest BCUT2D eigenvalue weighted by Crippen LogP contribution is 2.47. The molecule has 4 aromatic rings. The summed E-state index contributed by atoms with van der Waals surface area (Å²) in [7, 11) is 0. The first kappa shape index (κ1) is 48.4. The summed E-state index contributed by atoms with van der Waals surface area (Å²) in [5.74, 6) is -4.45. The topological polar surface area (TPSA) is 277 Å². The van der Waals surface area contributed by atoms with Gasteiger partial charge >= 0.3 is 5.97 Å². The number of aliphatic hydroxyl groups is 1. The highest BCUT2D eigenvalue weighted by Gasteiger charge is 2.48. The molecule has 69 heavy (non-hydrogen) atoms. The Balaban J connectivity index is 0.905. The monoisotopic (exact) mass is 951 g/mol. The zero-order chi connectivity index (χ0) is 49.2. The number of amides is 6. The van der Waals surface area contributed by atoms with Gasteiger partial charge in [-0.15, -0.1) is 0 Å². The van der Waals surface area contributed by atoms with Gasteiger partial charge < -0.3 is 45.7 Å². The van der Waals surface area contributed by atoms with Gasteiger partial charge in [0, 0.05) is 35.9 Å². The minimum Gasteiger partial charge on any atom is -0.458 e. The number of cyclic esters (lactones) is 1. The number of hydrogen-bond donors (Lipinski definition) is 8. The number of halogens is 1. The number of nitrogens with one attached hydrogen (secondary N) is 7. The minimum atomic E-state index is -2.03. The summed E-state index contributed by atoms with van der Waals surface area (Å²) in [4.78, 5) is 108. The van der Waals surface area contributed by atoms with E-state index in [1.54, 1.807) is 50.2 Å². The van der Waals surface area contributed by atoms with Crippen LogP contribution in [-0.2, 0) is 74.6 Å². The summed E-state index contributed by atoms with van der Waals surface area (Å²) in [6.45, 7) is 2.88. The number of fused-ring (bicyclic) bond motifs is 5. The van der Waals surface area contributed by atoms with E-state index >= 15 is 4.39 Å². The first-order valence-electron chi connectivity index (χ1n) is 22.9. The molecule has 2 aromatic carbocycles. The second-order valence-corrected chi connectivity index (χ2v) is 17.9. The largest absolute Gasteiger partial charge is 0.458 e. The Hall–Kier alpha value is -7.10. The number of carbonyl (C=O) groups is 7. The number of benzene rings is 2. The molecule has 0 radical (unpaired) electrons. The fraction of sp³-hybridized carbons (Fsp3) is 0.438. The van der Waals surface area contributed by atoms with Crippen LogP contribution in [0.4, 0.5) is 4.39 Å². The number of rotatable bonds is 18. The summed E-state index contributed by atoms with van der Waals surface area (Å²) < 4.78 is 28.1. The third-order valence-corrected chi connectivity index (χ3v) is 13.5. The normalized spacial score (nSPS) is 18.6. The van der Waals surface area contributed by atoms with Gasteiger partial charge in [-0.1, -0.05) is 43.7 Å². The molecular weight excluding hydrogens is 898 g/mol. The van der Waals surface area contributed by atoms with Gasteiger partial charge in [-0.2, -0.15) is 0 Å². The number of pyridine rings is 2. The van der Waals surface area contributed by atoms with E-state index in [2.05, 4.69) is 37.4 Å². The molecule has 0 saturated heterocycles. The van der Waals surface area contributed by atoms with Crippen LogP contribution in [0.3, 0.4) is 0 Å². The van der Waals surface area contributed by atoms with Gasteiger partial charge in [-0.05, 0) is 67.3 Å². The lowest BCUT2D eigenvalue weighted by molar-refractivity contribution is -0.172. The van der Waals surface area contributed by atoms with Crippen LogP contribution in [0.1, 0.15) is 90.9 Å². The van der Waals surface area contributed by atoms with Crippen LogP contribution in [-0.4, -0.2) is 95.1 Å². The molecule has 2 aliphatic heterocycles. The predicted octanol–water partition coefficient (Wildman–Crippen LogP) is 0.492. The van der Waals surface area contributed by atoms with Crippen molar-refractivity contribution < 1.29 is 52.5 Å². The van der Waals surface area contributed by atoms with Crippen molar-refractivity contribution in [2.24, 2.45) is 5.41 Å². The summed E-state index contributed by atoms with van der Waals surface area (Å²) in [5, 5.41) is 25.5. The molecule has 8 rings (SSSR count). The Labute approximate surface area is 394 Å². The maximum absolute atomic E-state index is 15.5. The van der Waals surface area contributed by atoms with Gasteiger partial charge in [-0.3, -0.25) is 39.0 Å². The van der Waals surface area contributed by atoms with Gasteiger partial charge in [-0.25, -0.2) is 19.6 Å². The molecule has 4 aliphatic rings. The van der Waals surface area contributed by atoms with Crippen molar-refractivity contribution in [1.29, 1.82) is 0 Å². The molecule has 0 unspecified atom stereocenters. The predicted molar refractivity (Wildman–Crippen MR) is 244 cm³/mol. The lowest BCUT2D eigenvalue weighted by Crippen LogP contribution is -2.52. The molecule has 4 heterocycles. The van der Waals surface area contributed by atoms with E-state index in [0.29, 0.717) is 59.1 Å². The Bertz CT molecular complexity index is 2830. The van der Waals surface area contributed by atoms with Crippen molar-refractivity contribution in [2.75, 3.05) is 33.0 Å². The number of aromatic nitrogens is 2. The standard InChI is InChI=1S/C48H54FN9O11/c1-4-48(67)31-16-36-42-29(21-58(36)44(64)30(31)22-69-46(48)66)41-33(12-11-28-25(2)32(49)17-34(55-42)40(28)41)56-45(65)47(13-8-14-47)23-68-24-52-37(60)18-51-43(63)35(15-27-9-6-5-7-10-27)54-39(62)19-50-38(61)20-53-57-26(3)59/h5-7,9-10,16-17,33,35,53,67H,4,8,11-15,18-24H2,1-3H3,(H,50,61)(H,51,63)(H,52,60)(H,54,62)(H,56,65)(H,57,59)/t33-,35-,48-/m0/s1. The Morgan fingerprint density at radius 3 is 2.42 bits per heavy atom. The smallest absolute Gasteiger partial charge is 0.343 e. The number of nitrogens with zero attached hydrogens (tertiary/aromatic N) is 2. The average molecular weight is 952 g/mol. The van der Waals surface area contributed by atoms with E-state index in [-0.39, 0.29) is 62.9 Å². The highest BCUT2D eigenvalue weighted by atomic mass is 19.1. The maximum Gasteiger partial charge on any atom is 0.343 e. The first-order valence-corrected chi connectivity index (χ1v) is 22.9. The number of aryl methyl sites for hydroxylation is 1. The second-order valence-electron chi connectivity index (χ2n) is 17.9. The second kappa shape index (κ2) is 19.9. The molecule has 364 valence electrons. The molecule has 6 amide bonds. The first-order chi connectivity index (χ1) is 33.0. The van der Waals surface area contributed by atoms with Gasteiger partial charge in [0.15, 0.2) is 5.60 Å². The van der Waals surface area contributed by atoms with Crippen LogP contribution in [0.15, 0.2) is 47.3 Å². The quantitative estimate of drug-likeness (QED) is 0.0258. The lowest BCUT2D eigenvalue weighted by atomic mass is 9.68. The van der Waals surface area contributed by atoms with E-state index in [9.17, 15) is 43.5 Å². The average Bonchev–Trinajstić information content (AvgIpc) is 3.68. The van der Waals surface area contributed by atoms with Gasteiger partial charge in [0.1, 0.15) is 25.2 Å².